The normalized spacial score (nSPS) is 10.6. The number of thiazole rings is 1. The van der Waals surface area contributed by atoms with E-state index in [2.05, 4.69) is 10.4 Å². The summed E-state index contributed by atoms with van der Waals surface area (Å²) in [6.45, 7) is 2.00. The first kappa shape index (κ1) is 12.8. The molecule has 0 fully saturated rings. The molecule has 0 saturated heterocycles. The van der Waals surface area contributed by atoms with Crippen molar-refractivity contribution in [3.8, 4) is 0 Å². The predicted octanol–water partition coefficient (Wildman–Crippen LogP) is 4.27. The Labute approximate surface area is 113 Å². The van der Waals surface area contributed by atoms with E-state index in [4.69, 9.17) is 0 Å². The first-order chi connectivity index (χ1) is 8.25. The van der Waals surface area contributed by atoms with Crippen LogP contribution in [0.25, 0.3) is 0 Å². The van der Waals surface area contributed by atoms with Gasteiger partial charge in [0.25, 0.3) is 0 Å². The molecule has 0 aliphatic rings. The van der Waals surface area contributed by atoms with Crippen LogP contribution in [0.1, 0.15) is 28.2 Å². The Hall–Kier alpha value is -0.650. The molecule has 90 valence electrons. The number of carbonyl (C=O) groups excluding carboxylic acids is 1. The van der Waals surface area contributed by atoms with Gasteiger partial charge in [-0.25, -0.2) is 4.98 Å². The van der Waals surface area contributed by atoms with Crippen molar-refractivity contribution in [2.45, 2.75) is 24.1 Å². The molecule has 0 spiro atoms. The molecule has 2 nitrogen and oxygen atoms in total. The topological polar surface area (TPSA) is 30.0 Å². The molecule has 5 heteroatoms. The number of thiophene rings is 1. The molecule has 0 atom stereocenters. The Morgan fingerprint density at radius 1 is 1.47 bits per heavy atom. The third-order valence-corrected chi connectivity index (χ3v) is 5.30. The molecular formula is C12H13NOS3. The molecule has 0 aromatic carbocycles. The number of hydrogen-bond donors (Lipinski definition) is 0. The Morgan fingerprint density at radius 3 is 3.00 bits per heavy atom. The molecule has 2 rings (SSSR count). The number of carbonyl (C=O) groups is 1. The van der Waals surface area contributed by atoms with Crippen molar-refractivity contribution in [3.05, 3.63) is 33.5 Å². The lowest BCUT2D eigenvalue weighted by Gasteiger charge is -1.97. The van der Waals surface area contributed by atoms with Crippen LogP contribution >= 0.6 is 34.4 Å². The fourth-order valence-electron chi connectivity index (χ4n) is 1.35. The van der Waals surface area contributed by atoms with Crippen molar-refractivity contribution >= 4 is 40.2 Å². The molecule has 0 N–H and O–H groups in total. The van der Waals surface area contributed by atoms with Crippen molar-refractivity contribution in [1.29, 1.82) is 0 Å². The molecule has 2 aromatic rings. The minimum atomic E-state index is 0.260. The molecule has 0 unspecified atom stereocenters. The lowest BCUT2D eigenvalue weighted by atomic mass is 10.2. The summed E-state index contributed by atoms with van der Waals surface area (Å²) in [5, 5.41) is 4.00. The summed E-state index contributed by atoms with van der Waals surface area (Å²) < 4.78 is 1.10. The second-order valence-electron chi connectivity index (χ2n) is 3.61. The zero-order valence-electron chi connectivity index (χ0n) is 9.51. The summed E-state index contributed by atoms with van der Waals surface area (Å²) in [7, 11) is 0. The number of Topliss-reactive ketones (excluding diaryl/α,β-unsaturated/α-hetero) is 1. The van der Waals surface area contributed by atoms with E-state index in [-0.39, 0.29) is 5.78 Å². The second-order valence-corrected chi connectivity index (χ2v) is 6.76. The van der Waals surface area contributed by atoms with Gasteiger partial charge < -0.3 is 0 Å². The Kier molecular flexibility index (Phi) is 4.76. The van der Waals surface area contributed by atoms with Crippen molar-refractivity contribution in [1.82, 2.24) is 4.98 Å². The van der Waals surface area contributed by atoms with Gasteiger partial charge in [-0.1, -0.05) is 17.8 Å². The predicted molar refractivity (Wildman–Crippen MR) is 75.5 cm³/mol. The second kappa shape index (κ2) is 6.33. The highest BCUT2D eigenvalue weighted by atomic mass is 32.2. The summed E-state index contributed by atoms with van der Waals surface area (Å²) in [4.78, 5) is 17.0. The first-order valence-electron chi connectivity index (χ1n) is 5.37. The molecule has 0 saturated carbocycles. The van der Waals surface area contributed by atoms with E-state index < -0.39 is 0 Å². The van der Waals surface area contributed by atoms with Gasteiger partial charge in [-0.05, 0) is 24.8 Å². The van der Waals surface area contributed by atoms with Gasteiger partial charge in [0.15, 0.2) is 5.78 Å². The maximum absolute atomic E-state index is 11.7. The number of rotatable bonds is 6. The van der Waals surface area contributed by atoms with Gasteiger partial charge in [0, 0.05) is 23.2 Å². The third kappa shape index (κ3) is 3.94. The van der Waals surface area contributed by atoms with Crippen LogP contribution in [-0.2, 0) is 0 Å². The van der Waals surface area contributed by atoms with Gasteiger partial charge in [-0.2, -0.15) is 0 Å². The lowest BCUT2D eigenvalue weighted by Crippen LogP contribution is -1.96. The summed E-state index contributed by atoms with van der Waals surface area (Å²) in [6, 6.07) is 3.81. The van der Waals surface area contributed by atoms with Crippen LogP contribution < -0.4 is 0 Å². The van der Waals surface area contributed by atoms with E-state index in [1.165, 1.54) is 11.3 Å². The van der Waals surface area contributed by atoms with Crippen LogP contribution in [0.2, 0.25) is 0 Å². The van der Waals surface area contributed by atoms with Gasteiger partial charge >= 0.3 is 0 Å². The maximum Gasteiger partial charge on any atom is 0.172 e. The van der Waals surface area contributed by atoms with Crippen LogP contribution in [0.15, 0.2) is 27.2 Å². The lowest BCUT2D eigenvalue weighted by molar-refractivity contribution is 0.0986. The standard InChI is InChI=1S/C12H13NOS3/c1-9-8-17-12(13-9)16-7-2-4-10(14)11-5-3-6-15-11/h3,5-6,8H,2,4,7H2,1H3. The van der Waals surface area contributed by atoms with Crippen LogP contribution in [-0.4, -0.2) is 16.5 Å². The highest BCUT2D eigenvalue weighted by Gasteiger charge is 2.06. The van der Waals surface area contributed by atoms with Gasteiger partial charge in [0.05, 0.1) is 4.88 Å². The molecule has 0 bridgehead atoms. The van der Waals surface area contributed by atoms with E-state index in [0.29, 0.717) is 6.42 Å². The average molecular weight is 283 g/mol. The van der Waals surface area contributed by atoms with E-state index in [1.807, 2.05) is 24.4 Å². The van der Waals surface area contributed by atoms with Crippen LogP contribution in [0, 0.1) is 6.92 Å². The van der Waals surface area contributed by atoms with Crippen molar-refractivity contribution < 1.29 is 4.79 Å². The average Bonchev–Trinajstić information content (AvgIpc) is 2.95. The summed E-state index contributed by atoms with van der Waals surface area (Å²) >= 11 is 4.94. The number of ketones is 1. The fourth-order valence-corrected chi connectivity index (χ4v) is 3.90. The molecule has 0 amide bonds. The molecular weight excluding hydrogens is 270 g/mol. The van der Waals surface area contributed by atoms with Crippen molar-refractivity contribution in [2.75, 3.05) is 5.75 Å². The molecule has 2 aromatic heterocycles. The molecule has 2 heterocycles. The smallest absolute Gasteiger partial charge is 0.172 e. The molecule has 0 aliphatic heterocycles. The quantitative estimate of drug-likeness (QED) is 0.450. The third-order valence-electron chi connectivity index (χ3n) is 2.17. The van der Waals surface area contributed by atoms with Gasteiger partial charge in [0.1, 0.15) is 4.34 Å². The van der Waals surface area contributed by atoms with Gasteiger partial charge in [-0.3, -0.25) is 4.79 Å². The Bertz CT molecular complexity index is 476. The molecule has 0 radical (unpaired) electrons. The van der Waals surface area contributed by atoms with Crippen LogP contribution in [0.3, 0.4) is 0 Å². The zero-order valence-corrected chi connectivity index (χ0v) is 12.0. The number of nitrogens with zero attached hydrogens (tertiary/aromatic N) is 1. The number of aromatic nitrogens is 1. The number of thioether (sulfide) groups is 1. The molecule has 0 aliphatic carbocycles. The number of aryl methyl sites for hydroxylation is 1. The van der Waals surface area contributed by atoms with Gasteiger partial charge in [0.2, 0.25) is 0 Å². The summed E-state index contributed by atoms with van der Waals surface area (Å²) in [5.74, 6) is 1.22. The Balaban J connectivity index is 1.68. The highest BCUT2D eigenvalue weighted by molar-refractivity contribution is 8.01. The summed E-state index contributed by atoms with van der Waals surface area (Å²) in [6.07, 6.45) is 1.55. The summed E-state index contributed by atoms with van der Waals surface area (Å²) in [5.41, 5.74) is 1.08. The maximum atomic E-state index is 11.7. The SMILES string of the molecule is Cc1csc(SCCCC(=O)c2cccs2)n1. The monoisotopic (exact) mass is 283 g/mol. The number of hydrogen-bond acceptors (Lipinski definition) is 5. The van der Waals surface area contributed by atoms with Crippen LogP contribution in [0.5, 0.6) is 0 Å². The first-order valence-corrected chi connectivity index (χ1v) is 8.12. The highest BCUT2D eigenvalue weighted by Crippen LogP contribution is 2.23. The van der Waals surface area contributed by atoms with Crippen molar-refractivity contribution in [3.63, 3.8) is 0 Å². The van der Waals surface area contributed by atoms with E-state index in [1.54, 1.807) is 23.1 Å². The largest absolute Gasteiger partial charge is 0.293 e. The van der Waals surface area contributed by atoms with Crippen molar-refractivity contribution in [2.24, 2.45) is 0 Å². The minimum Gasteiger partial charge on any atom is -0.293 e. The molecule has 17 heavy (non-hydrogen) atoms. The zero-order chi connectivity index (χ0) is 12.1. The van der Waals surface area contributed by atoms with Gasteiger partial charge in [-0.15, -0.1) is 22.7 Å². The van der Waals surface area contributed by atoms with Crippen LogP contribution in [0.4, 0.5) is 0 Å². The Morgan fingerprint density at radius 2 is 2.35 bits per heavy atom. The van der Waals surface area contributed by atoms with E-state index in [0.717, 1.165) is 27.1 Å². The van der Waals surface area contributed by atoms with E-state index >= 15 is 0 Å². The minimum absolute atomic E-state index is 0.260. The fraction of sp³-hybridized carbons (Fsp3) is 0.333. The van der Waals surface area contributed by atoms with E-state index in [9.17, 15) is 4.79 Å².